The van der Waals surface area contributed by atoms with Crippen molar-refractivity contribution in [2.45, 2.75) is 26.3 Å². The van der Waals surface area contributed by atoms with Crippen LogP contribution >= 0.6 is 24.0 Å². The van der Waals surface area contributed by atoms with Gasteiger partial charge in [0.25, 0.3) is 0 Å². The van der Waals surface area contributed by atoms with Gasteiger partial charge in [0.05, 0.1) is 0 Å². The molecule has 4 heteroatoms. The van der Waals surface area contributed by atoms with Crippen LogP contribution in [-0.4, -0.2) is 37.0 Å². The van der Waals surface area contributed by atoms with Crippen LogP contribution in [0, 0.1) is 5.41 Å². The van der Waals surface area contributed by atoms with Gasteiger partial charge in [-0.2, -0.15) is 12.6 Å². The lowest BCUT2D eigenvalue weighted by Crippen LogP contribution is -2.42. The first-order valence-corrected chi connectivity index (χ1v) is 8.22. The fourth-order valence-electron chi connectivity index (χ4n) is 2.55. The van der Waals surface area contributed by atoms with Crippen molar-refractivity contribution in [3.63, 3.8) is 0 Å². The molecule has 0 radical (unpaired) electrons. The minimum absolute atomic E-state index is 0.356. The summed E-state index contributed by atoms with van der Waals surface area (Å²) in [5.41, 5.74) is 0.356. The molecule has 0 unspecified atom stereocenters. The summed E-state index contributed by atoms with van der Waals surface area (Å²) < 4.78 is 5.50. The minimum Gasteiger partial charge on any atom is -0.381 e. The van der Waals surface area contributed by atoms with Crippen LogP contribution in [0.5, 0.6) is 0 Å². The first-order valence-electron chi connectivity index (χ1n) is 6.71. The Kier molecular flexibility index (Phi) is 5.55. The Balaban J connectivity index is 1.95. The fourth-order valence-corrected chi connectivity index (χ4v) is 3.71. The van der Waals surface area contributed by atoms with E-state index in [2.05, 4.69) is 42.0 Å². The Hall–Kier alpha value is -0.0300. The van der Waals surface area contributed by atoms with Crippen LogP contribution in [-0.2, 0) is 11.3 Å². The molecule has 0 atom stereocenters. The lowest BCUT2D eigenvalue weighted by molar-refractivity contribution is 0.00736. The van der Waals surface area contributed by atoms with E-state index >= 15 is 0 Å². The highest BCUT2D eigenvalue weighted by atomic mass is 32.1. The number of nitrogens with zero attached hydrogens (tertiary/aromatic N) is 1. The van der Waals surface area contributed by atoms with Crippen LogP contribution in [0.25, 0.3) is 0 Å². The number of hydrogen-bond acceptors (Lipinski definition) is 4. The molecule has 0 aromatic carbocycles. The molecule has 0 amide bonds. The summed E-state index contributed by atoms with van der Waals surface area (Å²) in [5, 5.41) is 2.16. The van der Waals surface area contributed by atoms with Crippen LogP contribution in [0.15, 0.2) is 17.5 Å². The van der Waals surface area contributed by atoms with Gasteiger partial charge in [0.15, 0.2) is 0 Å². The number of rotatable bonds is 6. The Labute approximate surface area is 120 Å². The van der Waals surface area contributed by atoms with Gasteiger partial charge in [-0.15, -0.1) is 11.3 Å². The van der Waals surface area contributed by atoms with E-state index in [0.717, 1.165) is 51.4 Å². The molecular formula is C14H23NOS2. The summed E-state index contributed by atoms with van der Waals surface area (Å²) in [6, 6.07) is 4.36. The summed E-state index contributed by atoms with van der Waals surface area (Å²) in [4.78, 5) is 4.01. The third kappa shape index (κ3) is 3.73. The molecule has 1 aliphatic heterocycles. The molecule has 1 fully saturated rings. The second-order valence-electron chi connectivity index (χ2n) is 5.15. The first-order chi connectivity index (χ1) is 8.78. The molecule has 0 bridgehead atoms. The first kappa shape index (κ1) is 14.4. The number of thiophene rings is 1. The molecule has 0 N–H and O–H groups in total. The van der Waals surface area contributed by atoms with Gasteiger partial charge in [-0.3, -0.25) is 4.90 Å². The largest absolute Gasteiger partial charge is 0.381 e. The van der Waals surface area contributed by atoms with E-state index in [1.807, 2.05) is 11.3 Å². The van der Waals surface area contributed by atoms with Crippen molar-refractivity contribution < 1.29 is 4.74 Å². The summed E-state index contributed by atoms with van der Waals surface area (Å²) in [6.45, 7) is 7.38. The van der Waals surface area contributed by atoms with Crippen molar-refractivity contribution in [3.8, 4) is 0 Å². The van der Waals surface area contributed by atoms with Crippen LogP contribution in [0.1, 0.15) is 24.6 Å². The van der Waals surface area contributed by atoms with E-state index in [4.69, 9.17) is 4.74 Å². The van der Waals surface area contributed by atoms with Crippen molar-refractivity contribution in [3.05, 3.63) is 22.4 Å². The van der Waals surface area contributed by atoms with E-state index in [-0.39, 0.29) is 0 Å². The van der Waals surface area contributed by atoms with Crippen LogP contribution in [0.4, 0.5) is 0 Å². The third-order valence-corrected chi connectivity index (χ3v) is 5.39. The van der Waals surface area contributed by atoms with Gasteiger partial charge in [-0.25, -0.2) is 0 Å². The Morgan fingerprint density at radius 2 is 2.22 bits per heavy atom. The Morgan fingerprint density at radius 3 is 2.78 bits per heavy atom. The maximum absolute atomic E-state index is 5.50. The van der Waals surface area contributed by atoms with E-state index < -0.39 is 0 Å². The van der Waals surface area contributed by atoms with Crippen LogP contribution in [0.3, 0.4) is 0 Å². The minimum atomic E-state index is 0.356. The highest BCUT2D eigenvalue weighted by Crippen LogP contribution is 2.33. The maximum Gasteiger partial charge on any atom is 0.0472 e. The summed E-state index contributed by atoms with van der Waals surface area (Å²) in [7, 11) is 0. The van der Waals surface area contributed by atoms with Gasteiger partial charge >= 0.3 is 0 Å². The Morgan fingerprint density at radius 1 is 1.44 bits per heavy atom. The molecule has 0 spiro atoms. The quantitative estimate of drug-likeness (QED) is 0.805. The van der Waals surface area contributed by atoms with Crippen molar-refractivity contribution in [2.24, 2.45) is 5.41 Å². The smallest absolute Gasteiger partial charge is 0.0472 e. The van der Waals surface area contributed by atoms with Crippen LogP contribution in [0.2, 0.25) is 0 Å². The summed E-state index contributed by atoms with van der Waals surface area (Å²) in [5.74, 6) is 0.970. The van der Waals surface area contributed by atoms with E-state index in [9.17, 15) is 0 Å². The predicted molar refractivity (Wildman–Crippen MR) is 81.6 cm³/mol. The second-order valence-corrected chi connectivity index (χ2v) is 6.50. The standard InChI is InChI=1S/C14H23NOS2/c1-2-15(10-13-4-3-9-18-13)11-14(12-17)5-7-16-8-6-14/h3-4,9,17H,2,5-8,10-12H2,1H3. The normalized spacial score (nSPS) is 19.3. The zero-order valence-electron chi connectivity index (χ0n) is 11.1. The molecular weight excluding hydrogens is 262 g/mol. The molecule has 0 aliphatic carbocycles. The molecule has 1 saturated heterocycles. The second kappa shape index (κ2) is 6.94. The topological polar surface area (TPSA) is 12.5 Å². The van der Waals surface area contributed by atoms with Crippen molar-refractivity contribution in [1.29, 1.82) is 0 Å². The van der Waals surface area contributed by atoms with Gasteiger partial charge in [0.1, 0.15) is 0 Å². The van der Waals surface area contributed by atoms with Gasteiger partial charge in [-0.1, -0.05) is 13.0 Å². The SMILES string of the molecule is CCN(Cc1cccs1)CC1(CS)CCOCC1. The molecule has 1 aromatic heterocycles. The molecule has 0 saturated carbocycles. The highest BCUT2D eigenvalue weighted by Gasteiger charge is 2.32. The molecule has 102 valence electrons. The zero-order valence-corrected chi connectivity index (χ0v) is 12.8. The van der Waals surface area contributed by atoms with Crippen molar-refractivity contribution in [1.82, 2.24) is 4.90 Å². The van der Waals surface area contributed by atoms with Crippen molar-refractivity contribution >= 4 is 24.0 Å². The third-order valence-electron chi connectivity index (χ3n) is 3.85. The highest BCUT2D eigenvalue weighted by molar-refractivity contribution is 7.80. The molecule has 2 rings (SSSR count). The average molecular weight is 285 g/mol. The average Bonchev–Trinajstić information content (AvgIpc) is 2.92. The fraction of sp³-hybridized carbons (Fsp3) is 0.714. The molecule has 1 aromatic rings. The zero-order chi connectivity index (χ0) is 12.8. The number of hydrogen-bond donors (Lipinski definition) is 1. The lowest BCUT2D eigenvalue weighted by atomic mass is 9.81. The van der Waals surface area contributed by atoms with E-state index in [1.165, 1.54) is 4.88 Å². The van der Waals surface area contributed by atoms with Crippen LogP contribution < -0.4 is 0 Å². The van der Waals surface area contributed by atoms with E-state index in [1.54, 1.807) is 0 Å². The molecule has 2 heterocycles. The summed E-state index contributed by atoms with van der Waals surface area (Å²) in [6.07, 6.45) is 2.30. The maximum atomic E-state index is 5.50. The van der Waals surface area contributed by atoms with Crippen molar-refractivity contribution in [2.75, 3.05) is 32.1 Å². The van der Waals surface area contributed by atoms with Gasteiger partial charge in [0, 0.05) is 31.2 Å². The van der Waals surface area contributed by atoms with Gasteiger partial charge < -0.3 is 4.74 Å². The van der Waals surface area contributed by atoms with Gasteiger partial charge in [0.2, 0.25) is 0 Å². The predicted octanol–water partition coefficient (Wildman–Crippen LogP) is 3.30. The van der Waals surface area contributed by atoms with Gasteiger partial charge in [-0.05, 0) is 42.0 Å². The lowest BCUT2D eigenvalue weighted by Gasteiger charge is -2.39. The van der Waals surface area contributed by atoms with E-state index in [0.29, 0.717) is 5.41 Å². The monoisotopic (exact) mass is 285 g/mol. The number of thiol groups is 1. The molecule has 18 heavy (non-hydrogen) atoms. The number of ether oxygens (including phenoxy) is 1. The Bertz CT molecular complexity index is 334. The molecule has 2 nitrogen and oxygen atoms in total. The molecule has 1 aliphatic rings. The summed E-state index contributed by atoms with van der Waals surface area (Å²) >= 11 is 6.45.